The van der Waals surface area contributed by atoms with Gasteiger partial charge in [0.2, 0.25) is 5.91 Å². The summed E-state index contributed by atoms with van der Waals surface area (Å²) in [6, 6.07) is 18.5. The normalized spacial score (nSPS) is 11.1. The number of anilines is 1. The molecule has 0 radical (unpaired) electrons. The van der Waals surface area contributed by atoms with E-state index in [-0.39, 0.29) is 5.91 Å². The van der Waals surface area contributed by atoms with Gasteiger partial charge in [-0.25, -0.2) is 4.98 Å². The van der Waals surface area contributed by atoms with Crippen LogP contribution < -0.4 is 5.32 Å². The van der Waals surface area contributed by atoms with Crippen molar-refractivity contribution < 1.29 is 4.79 Å². The Bertz CT molecular complexity index is 1100. The number of rotatable bonds is 3. The third-order valence-corrected chi connectivity index (χ3v) is 5.32. The first-order chi connectivity index (χ1) is 12.1. The predicted octanol–water partition coefficient (Wildman–Crippen LogP) is 5.25. The average Bonchev–Trinajstić information content (AvgIpc) is 3.00. The minimum atomic E-state index is -0.0321. The van der Waals surface area contributed by atoms with Crippen molar-refractivity contribution in [1.29, 1.82) is 0 Å². The lowest BCUT2D eigenvalue weighted by molar-refractivity contribution is -0.115. The van der Waals surface area contributed by atoms with Gasteiger partial charge in [-0.3, -0.25) is 4.79 Å². The summed E-state index contributed by atoms with van der Waals surface area (Å²) < 4.78 is 1.08. The third kappa shape index (κ3) is 3.13. The minimum absolute atomic E-state index is 0.0321. The Balaban J connectivity index is 1.60. The van der Waals surface area contributed by atoms with Crippen LogP contribution in [0.15, 0.2) is 54.6 Å². The van der Waals surface area contributed by atoms with Gasteiger partial charge in [-0.05, 0) is 36.4 Å². The van der Waals surface area contributed by atoms with Gasteiger partial charge in [0, 0.05) is 5.39 Å². The van der Waals surface area contributed by atoms with Crippen LogP contribution >= 0.6 is 11.3 Å². The maximum absolute atomic E-state index is 12.4. The van der Waals surface area contributed by atoms with Gasteiger partial charge in [-0.15, -0.1) is 0 Å². The first-order valence-electron chi connectivity index (χ1n) is 8.24. The topological polar surface area (TPSA) is 42.0 Å². The molecule has 1 heterocycles. The second kappa shape index (κ2) is 6.30. The van der Waals surface area contributed by atoms with E-state index in [4.69, 9.17) is 0 Å². The lowest BCUT2D eigenvalue weighted by Gasteiger charge is -2.06. The fourth-order valence-corrected chi connectivity index (χ4v) is 3.99. The molecule has 0 aliphatic rings. The molecule has 124 valence electrons. The zero-order valence-corrected chi connectivity index (χ0v) is 15.0. The van der Waals surface area contributed by atoms with Gasteiger partial charge in [-0.2, -0.15) is 0 Å². The largest absolute Gasteiger partial charge is 0.302 e. The van der Waals surface area contributed by atoms with Crippen LogP contribution in [0, 0.1) is 13.8 Å². The van der Waals surface area contributed by atoms with E-state index in [1.54, 1.807) is 0 Å². The molecule has 0 spiro atoms. The zero-order chi connectivity index (χ0) is 17.4. The third-order valence-electron chi connectivity index (χ3n) is 4.38. The summed E-state index contributed by atoms with van der Waals surface area (Å²) in [5.74, 6) is -0.0321. The molecule has 0 fully saturated rings. The Morgan fingerprint density at radius 3 is 2.76 bits per heavy atom. The number of fused-ring (bicyclic) bond motifs is 3. The predicted molar refractivity (Wildman–Crippen MR) is 105 cm³/mol. The highest BCUT2D eigenvalue weighted by Gasteiger charge is 2.11. The van der Waals surface area contributed by atoms with Crippen molar-refractivity contribution in [3.63, 3.8) is 0 Å². The summed E-state index contributed by atoms with van der Waals surface area (Å²) in [4.78, 5) is 17.1. The van der Waals surface area contributed by atoms with Crippen LogP contribution in [0.1, 0.15) is 16.7 Å². The van der Waals surface area contributed by atoms with Crippen molar-refractivity contribution in [2.45, 2.75) is 20.3 Å². The molecule has 1 amide bonds. The second-order valence-electron chi connectivity index (χ2n) is 6.31. The summed E-state index contributed by atoms with van der Waals surface area (Å²) in [5, 5.41) is 5.89. The molecule has 1 aromatic heterocycles. The van der Waals surface area contributed by atoms with Crippen molar-refractivity contribution in [3.8, 4) is 0 Å². The van der Waals surface area contributed by atoms with Crippen molar-refractivity contribution in [2.75, 3.05) is 5.32 Å². The van der Waals surface area contributed by atoms with E-state index >= 15 is 0 Å². The van der Waals surface area contributed by atoms with E-state index in [9.17, 15) is 4.79 Å². The Kier molecular flexibility index (Phi) is 3.98. The number of nitrogens with zero attached hydrogens (tertiary/aromatic N) is 1. The molecule has 0 saturated heterocycles. The van der Waals surface area contributed by atoms with Gasteiger partial charge in [0.05, 0.1) is 16.6 Å². The highest BCUT2D eigenvalue weighted by molar-refractivity contribution is 7.22. The van der Waals surface area contributed by atoms with E-state index in [1.165, 1.54) is 16.9 Å². The SMILES string of the molecule is Cc1ccc(CC(=O)Nc2nc3c(ccc4ccccc43)s2)c(C)c1. The lowest BCUT2D eigenvalue weighted by Crippen LogP contribution is -2.14. The van der Waals surface area contributed by atoms with E-state index in [0.717, 1.165) is 32.1 Å². The fourth-order valence-electron chi connectivity index (χ4n) is 3.10. The Labute approximate surface area is 150 Å². The number of hydrogen-bond acceptors (Lipinski definition) is 3. The van der Waals surface area contributed by atoms with Crippen molar-refractivity contribution >= 4 is 43.4 Å². The van der Waals surface area contributed by atoms with Gasteiger partial charge in [0.25, 0.3) is 0 Å². The molecule has 1 N–H and O–H groups in total. The molecule has 4 aromatic rings. The molecule has 0 unspecified atom stereocenters. The molecule has 0 saturated carbocycles. The van der Waals surface area contributed by atoms with Gasteiger partial charge in [0.15, 0.2) is 5.13 Å². The molecular formula is C21H18N2OS. The number of carbonyl (C=O) groups excluding carboxylic acids is 1. The molecule has 4 heteroatoms. The summed E-state index contributed by atoms with van der Waals surface area (Å²) in [6.45, 7) is 4.10. The molecule has 3 aromatic carbocycles. The standard InChI is InChI=1S/C21H18N2OS/c1-13-7-8-16(14(2)11-13)12-19(24)22-21-23-20-17-6-4-3-5-15(17)9-10-18(20)25-21/h3-11H,12H2,1-2H3,(H,22,23,24). The van der Waals surface area contributed by atoms with Crippen LogP contribution in [0.25, 0.3) is 21.0 Å². The van der Waals surface area contributed by atoms with Gasteiger partial charge in [0.1, 0.15) is 0 Å². The number of benzene rings is 3. The first-order valence-corrected chi connectivity index (χ1v) is 9.06. The fraction of sp³-hybridized carbons (Fsp3) is 0.143. The molecule has 4 rings (SSSR count). The zero-order valence-electron chi connectivity index (χ0n) is 14.2. The smallest absolute Gasteiger partial charge is 0.230 e. The number of thiazole rings is 1. The highest BCUT2D eigenvalue weighted by Crippen LogP contribution is 2.31. The average molecular weight is 346 g/mol. The summed E-state index contributed by atoms with van der Waals surface area (Å²) >= 11 is 1.51. The van der Waals surface area contributed by atoms with E-state index in [0.29, 0.717) is 11.6 Å². The van der Waals surface area contributed by atoms with Gasteiger partial charge < -0.3 is 5.32 Å². The van der Waals surface area contributed by atoms with Crippen molar-refractivity contribution in [3.05, 3.63) is 71.3 Å². The molecular weight excluding hydrogens is 328 g/mol. The van der Waals surface area contributed by atoms with Gasteiger partial charge in [-0.1, -0.05) is 65.4 Å². The van der Waals surface area contributed by atoms with Crippen LogP contribution in [0.5, 0.6) is 0 Å². The van der Waals surface area contributed by atoms with Crippen molar-refractivity contribution in [1.82, 2.24) is 4.98 Å². The summed E-state index contributed by atoms with van der Waals surface area (Å²) in [6.07, 6.45) is 0.364. The van der Waals surface area contributed by atoms with Crippen LogP contribution in [-0.2, 0) is 11.2 Å². The molecule has 0 atom stereocenters. The van der Waals surface area contributed by atoms with E-state index in [2.05, 4.69) is 47.6 Å². The van der Waals surface area contributed by atoms with E-state index < -0.39 is 0 Å². The summed E-state index contributed by atoms with van der Waals surface area (Å²) in [7, 11) is 0. The van der Waals surface area contributed by atoms with Crippen LogP contribution in [0.3, 0.4) is 0 Å². The number of aromatic nitrogens is 1. The second-order valence-corrected chi connectivity index (χ2v) is 7.34. The number of hydrogen-bond donors (Lipinski definition) is 1. The van der Waals surface area contributed by atoms with Crippen LogP contribution in [-0.4, -0.2) is 10.9 Å². The monoisotopic (exact) mass is 346 g/mol. The Morgan fingerprint density at radius 2 is 1.92 bits per heavy atom. The van der Waals surface area contributed by atoms with Crippen molar-refractivity contribution in [2.24, 2.45) is 0 Å². The van der Waals surface area contributed by atoms with Crippen LogP contribution in [0.2, 0.25) is 0 Å². The van der Waals surface area contributed by atoms with E-state index in [1.807, 2.05) is 31.2 Å². The summed E-state index contributed by atoms with van der Waals surface area (Å²) in [5.41, 5.74) is 4.35. The Morgan fingerprint density at radius 1 is 1.08 bits per heavy atom. The first kappa shape index (κ1) is 15.8. The van der Waals surface area contributed by atoms with Gasteiger partial charge >= 0.3 is 0 Å². The lowest BCUT2D eigenvalue weighted by atomic mass is 10.0. The minimum Gasteiger partial charge on any atom is -0.302 e. The quantitative estimate of drug-likeness (QED) is 0.551. The number of nitrogens with one attached hydrogen (secondary N) is 1. The molecule has 0 bridgehead atoms. The number of aryl methyl sites for hydroxylation is 2. The molecule has 0 aliphatic heterocycles. The molecule has 25 heavy (non-hydrogen) atoms. The van der Waals surface area contributed by atoms with Crippen LogP contribution in [0.4, 0.5) is 5.13 Å². The maximum atomic E-state index is 12.4. The number of carbonyl (C=O) groups is 1. The molecule has 3 nitrogen and oxygen atoms in total. The number of amides is 1. The highest BCUT2D eigenvalue weighted by atomic mass is 32.1. The Hall–Kier alpha value is -2.72. The molecule has 0 aliphatic carbocycles. The maximum Gasteiger partial charge on any atom is 0.230 e.